The van der Waals surface area contributed by atoms with Gasteiger partial charge in [-0.1, -0.05) is 0 Å². The van der Waals surface area contributed by atoms with Gasteiger partial charge in [0.05, 0.1) is 18.9 Å². The molecule has 0 saturated carbocycles. The highest BCUT2D eigenvalue weighted by Crippen LogP contribution is 2.20. The number of carbonyl (C=O) groups excluding carboxylic acids is 2. The Kier molecular flexibility index (Phi) is 6.18. The van der Waals surface area contributed by atoms with Crippen LogP contribution in [0.15, 0.2) is 47.1 Å². The fraction of sp³-hybridized carbons (Fsp3) is 0.368. The van der Waals surface area contributed by atoms with E-state index in [1.165, 1.54) is 0 Å². The summed E-state index contributed by atoms with van der Waals surface area (Å²) in [6, 6.07) is 10.5. The summed E-state index contributed by atoms with van der Waals surface area (Å²) in [6.07, 6.45) is 1.94. The molecule has 0 bridgehead atoms. The summed E-state index contributed by atoms with van der Waals surface area (Å²) in [6.45, 7) is 4.39. The van der Waals surface area contributed by atoms with Crippen LogP contribution in [0.4, 0.5) is 0 Å². The second-order valence-electron chi connectivity index (χ2n) is 5.58. The Hall–Kier alpha value is -2.56. The van der Waals surface area contributed by atoms with Crippen molar-refractivity contribution in [3.05, 3.63) is 54.0 Å². The summed E-state index contributed by atoms with van der Waals surface area (Å²) in [7, 11) is 1.72. The zero-order chi connectivity index (χ0) is 17.5. The number of hydrogen-bond donors (Lipinski definition) is 0. The summed E-state index contributed by atoms with van der Waals surface area (Å²) in [5.74, 6) is 1.32. The zero-order valence-corrected chi connectivity index (χ0v) is 14.3. The van der Waals surface area contributed by atoms with Crippen LogP contribution >= 0.6 is 0 Å². The maximum absolute atomic E-state index is 12.3. The average Bonchev–Trinajstić information content (AvgIpc) is 3.13. The molecule has 0 spiro atoms. The monoisotopic (exact) mass is 329 g/mol. The standard InChI is InChI=1S/C19H23NO4/c1-4-23-16-9-7-15(8-10-16)17(21)11-12-19(22)20(3)14(2)18-6-5-13-24-18/h5-10,13-14H,4,11-12H2,1-3H3. The van der Waals surface area contributed by atoms with Crippen LogP contribution in [0.5, 0.6) is 5.75 Å². The van der Waals surface area contributed by atoms with E-state index in [0.29, 0.717) is 12.2 Å². The molecule has 128 valence electrons. The first-order valence-corrected chi connectivity index (χ1v) is 8.08. The number of benzene rings is 1. The second kappa shape index (κ2) is 8.34. The first-order valence-electron chi connectivity index (χ1n) is 8.08. The molecule has 0 aliphatic rings. The smallest absolute Gasteiger partial charge is 0.223 e. The maximum atomic E-state index is 12.3. The number of carbonyl (C=O) groups is 2. The van der Waals surface area contributed by atoms with Gasteiger partial charge >= 0.3 is 0 Å². The van der Waals surface area contributed by atoms with Crippen LogP contribution < -0.4 is 4.74 Å². The number of ether oxygens (including phenoxy) is 1. The summed E-state index contributed by atoms with van der Waals surface area (Å²) in [4.78, 5) is 26.1. The van der Waals surface area contributed by atoms with E-state index in [0.717, 1.165) is 11.5 Å². The van der Waals surface area contributed by atoms with Crippen molar-refractivity contribution in [2.24, 2.45) is 0 Å². The Morgan fingerprint density at radius 1 is 1.17 bits per heavy atom. The highest BCUT2D eigenvalue weighted by atomic mass is 16.5. The van der Waals surface area contributed by atoms with Gasteiger partial charge in [0.2, 0.25) is 5.91 Å². The van der Waals surface area contributed by atoms with Gasteiger partial charge < -0.3 is 14.1 Å². The molecular formula is C19H23NO4. The summed E-state index contributed by atoms with van der Waals surface area (Å²) in [5.41, 5.74) is 0.591. The van der Waals surface area contributed by atoms with Gasteiger partial charge in [-0.25, -0.2) is 0 Å². The molecule has 5 heteroatoms. The average molecular weight is 329 g/mol. The van der Waals surface area contributed by atoms with Crippen molar-refractivity contribution >= 4 is 11.7 Å². The minimum atomic E-state index is -0.159. The molecule has 24 heavy (non-hydrogen) atoms. The Morgan fingerprint density at radius 3 is 2.46 bits per heavy atom. The van der Waals surface area contributed by atoms with Crippen LogP contribution in [0, 0.1) is 0 Å². The molecule has 0 aliphatic heterocycles. The van der Waals surface area contributed by atoms with Gasteiger partial charge in [0.1, 0.15) is 11.5 Å². The molecule has 5 nitrogen and oxygen atoms in total. The lowest BCUT2D eigenvalue weighted by Gasteiger charge is -2.23. The molecule has 0 radical (unpaired) electrons. The van der Waals surface area contributed by atoms with Crippen LogP contribution in [0.3, 0.4) is 0 Å². The molecular weight excluding hydrogens is 306 g/mol. The normalized spacial score (nSPS) is 11.8. The van der Waals surface area contributed by atoms with E-state index in [9.17, 15) is 9.59 Å². The molecule has 1 aromatic heterocycles. The quantitative estimate of drug-likeness (QED) is 0.690. The summed E-state index contributed by atoms with van der Waals surface area (Å²) >= 11 is 0. The molecule has 1 atom stereocenters. The van der Waals surface area contributed by atoms with Crippen LogP contribution in [0.25, 0.3) is 0 Å². The Bertz CT molecular complexity index is 661. The van der Waals surface area contributed by atoms with E-state index in [-0.39, 0.29) is 30.6 Å². The molecule has 0 saturated heterocycles. The summed E-state index contributed by atoms with van der Waals surface area (Å²) in [5, 5.41) is 0. The lowest BCUT2D eigenvalue weighted by atomic mass is 10.1. The van der Waals surface area contributed by atoms with Crippen LogP contribution in [-0.2, 0) is 4.79 Å². The molecule has 1 amide bonds. The molecule has 2 aromatic rings. The van der Waals surface area contributed by atoms with Gasteiger partial charge in [0.15, 0.2) is 5.78 Å². The van der Waals surface area contributed by atoms with E-state index in [1.54, 1.807) is 48.5 Å². The van der Waals surface area contributed by atoms with Crippen molar-refractivity contribution in [1.29, 1.82) is 0 Å². The number of furan rings is 1. The highest BCUT2D eigenvalue weighted by Gasteiger charge is 2.20. The van der Waals surface area contributed by atoms with Gasteiger partial charge in [-0.05, 0) is 50.2 Å². The third kappa shape index (κ3) is 4.47. The highest BCUT2D eigenvalue weighted by molar-refractivity contribution is 5.98. The van der Waals surface area contributed by atoms with Crippen LogP contribution in [0.2, 0.25) is 0 Å². The minimum Gasteiger partial charge on any atom is -0.494 e. The predicted octanol–water partition coefficient (Wildman–Crippen LogP) is 3.86. The van der Waals surface area contributed by atoms with Crippen molar-refractivity contribution in [2.75, 3.05) is 13.7 Å². The van der Waals surface area contributed by atoms with Crippen molar-refractivity contribution in [3.63, 3.8) is 0 Å². The number of ketones is 1. The fourth-order valence-electron chi connectivity index (χ4n) is 2.38. The third-order valence-electron chi connectivity index (χ3n) is 3.98. The lowest BCUT2D eigenvalue weighted by molar-refractivity contribution is -0.132. The van der Waals surface area contributed by atoms with Crippen molar-refractivity contribution in [3.8, 4) is 5.75 Å². The Labute approximate surface area is 142 Å². The van der Waals surface area contributed by atoms with Crippen molar-refractivity contribution < 1.29 is 18.7 Å². The van der Waals surface area contributed by atoms with Crippen LogP contribution in [-0.4, -0.2) is 30.2 Å². The molecule has 1 aromatic carbocycles. The maximum Gasteiger partial charge on any atom is 0.223 e. The molecule has 2 rings (SSSR count). The number of amides is 1. The number of hydrogen-bond acceptors (Lipinski definition) is 4. The molecule has 0 N–H and O–H groups in total. The predicted molar refractivity (Wildman–Crippen MR) is 91.1 cm³/mol. The van der Waals surface area contributed by atoms with Gasteiger partial charge in [-0.15, -0.1) is 0 Å². The zero-order valence-electron chi connectivity index (χ0n) is 14.3. The van der Waals surface area contributed by atoms with Crippen molar-refractivity contribution in [1.82, 2.24) is 4.90 Å². The minimum absolute atomic E-state index is 0.0505. The van der Waals surface area contributed by atoms with Crippen LogP contribution in [0.1, 0.15) is 48.8 Å². The largest absolute Gasteiger partial charge is 0.494 e. The first kappa shape index (κ1) is 17.8. The molecule has 0 fully saturated rings. The molecule has 1 unspecified atom stereocenters. The van der Waals surface area contributed by atoms with Gasteiger partial charge in [-0.3, -0.25) is 9.59 Å². The Morgan fingerprint density at radius 2 is 1.88 bits per heavy atom. The first-order chi connectivity index (χ1) is 11.5. The van der Waals surface area contributed by atoms with Crippen molar-refractivity contribution in [2.45, 2.75) is 32.7 Å². The summed E-state index contributed by atoms with van der Waals surface area (Å²) < 4.78 is 10.7. The van der Waals surface area contributed by atoms with Gasteiger partial charge in [0.25, 0.3) is 0 Å². The SMILES string of the molecule is CCOc1ccc(C(=O)CCC(=O)N(C)C(C)c2ccco2)cc1. The third-order valence-corrected chi connectivity index (χ3v) is 3.98. The number of rotatable bonds is 8. The van der Waals surface area contributed by atoms with E-state index in [2.05, 4.69) is 0 Å². The topological polar surface area (TPSA) is 59.8 Å². The fourth-order valence-corrected chi connectivity index (χ4v) is 2.38. The molecule has 0 aliphatic carbocycles. The van der Waals surface area contributed by atoms with Gasteiger partial charge in [0, 0.05) is 25.5 Å². The van der Waals surface area contributed by atoms with Gasteiger partial charge in [-0.2, -0.15) is 0 Å². The number of nitrogens with zero attached hydrogens (tertiary/aromatic N) is 1. The Balaban J connectivity index is 1.87. The van der Waals surface area contributed by atoms with E-state index < -0.39 is 0 Å². The van der Waals surface area contributed by atoms with E-state index in [4.69, 9.17) is 9.15 Å². The molecule has 1 heterocycles. The van der Waals surface area contributed by atoms with E-state index in [1.807, 2.05) is 19.9 Å². The number of Topliss-reactive ketones (excluding diaryl/α,β-unsaturated/α-hetero) is 1. The van der Waals surface area contributed by atoms with E-state index >= 15 is 0 Å². The lowest BCUT2D eigenvalue weighted by Crippen LogP contribution is -2.29. The second-order valence-corrected chi connectivity index (χ2v) is 5.58.